The highest BCUT2D eigenvalue weighted by Gasteiger charge is 2.60. The molecular weight excluding hydrogens is 552 g/mol. The van der Waals surface area contributed by atoms with Gasteiger partial charge in [0.1, 0.15) is 0 Å². The molecule has 0 aliphatic heterocycles. The van der Waals surface area contributed by atoms with E-state index < -0.39 is 5.97 Å². The predicted molar refractivity (Wildman–Crippen MR) is 196 cm³/mol. The van der Waals surface area contributed by atoms with Crippen molar-refractivity contribution < 1.29 is 14.2 Å². The van der Waals surface area contributed by atoms with E-state index in [1.165, 1.54) is 154 Å². The molecule has 3 heteroatoms. The van der Waals surface area contributed by atoms with Crippen LogP contribution in [0, 0.1) is 17.3 Å². The van der Waals surface area contributed by atoms with E-state index in [1.807, 2.05) is 0 Å². The molecule has 2 rings (SSSR count). The summed E-state index contributed by atoms with van der Waals surface area (Å²) in [6, 6.07) is 0. The fraction of sp³-hybridized carbons (Fsp3) is 0.905. The Labute approximate surface area is 282 Å². The maximum Gasteiger partial charge on any atom is 0.289 e. The molecule has 2 aliphatic rings. The van der Waals surface area contributed by atoms with Crippen LogP contribution in [0.5, 0.6) is 0 Å². The Kier molecular flexibility index (Phi) is 22.9. The molecule has 1 saturated carbocycles. The molecule has 2 aliphatic carbocycles. The lowest BCUT2D eigenvalue weighted by Gasteiger charge is -2.53. The molecule has 0 radical (unpaired) electrons. The van der Waals surface area contributed by atoms with E-state index in [2.05, 4.69) is 52.8 Å². The molecule has 3 atom stereocenters. The highest BCUT2D eigenvalue weighted by Crippen LogP contribution is 2.59. The van der Waals surface area contributed by atoms with E-state index in [4.69, 9.17) is 14.2 Å². The minimum atomic E-state index is -0.966. The second kappa shape index (κ2) is 25.4. The summed E-state index contributed by atoms with van der Waals surface area (Å²) >= 11 is 0. The van der Waals surface area contributed by atoms with Gasteiger partial charge in [-0.15, -0.1) is 0 Å². The van der Waals surface area contributed by atoms with Gasteiger partial charge in [0, 0.05) is 19.8 Å². The van der Waals surface area contributed by atoms with Crippen molar-refractivity contribution in [3.8, 4) is 0 Å². The van der Waals surface area contributed by atoms with Crippen molar-refractivity contribution in [1.29, 1.82) is 0 Å². The zero-order valence-electron chi connectivity index (χ0n) is 31.1. The van der Waals surface area contributed by atoms with E-state index in [1.54, 1.807) is 5.57 Å². The van der Waals surface area contributed by atoms with Gasteiger partial charge >= 0.3 is 0 Å². The van der Waals surface area contributed by atoms with Crippen molar-refractivity contribution in [2.24, 2.45) is 17.3 Å². The highest BCUT2D eigenvalue weighted by molar-refractivity contribution is 5.29. The fourth-order valence-electron chi connectivity index (χ4n) is 8.66. The van der Waals surface area contributed by atoms with Gasteiger partial charge in [-0.05, 0) is 64.7 Å². The summed E-state index contributed by atoms with van der Waals surface area (Å²) < 4.78 is 20.2. The number of fused-ring (bicyclic) bond motifs is 1. The maximum absolute atomic E-state index is 6.75. The molecule has 1 fully saturated rings. The Morgan fingerprint density at radius 1 is 0.533 bits per heavy atom. The lowest BCUT2D eigenvalue weighted by molar-refractivity contribution is -0.437. The molecule has 0 aromatic carbocycles. The molecule has 3 nitrogen and oxygen atoms in total. The normalized spacial score (nSPS) is 19.5. The van der Waals surface area contributed by atoms with Crippen molar-refractivity contribution >= 4 is 0 Å². The third kappa shape index (κ3) is 13.8. The van der Waals surface area contributed by atoms with Crippen molar-refractivity contribution in [2.75, 3.05) is 19.8 Å². The van der Waals surface area contributed by atoms with Gasteiger partial charge < -0.3 is 14.2 Å². The van der Waals surface area contributed by atoms with Crippen molar-refractivity contribution in [3.63, 3.8) is 0 Å². The number of unbranched alkanes of at least 4 members (excludes halogenated alkanes) is 19. The van der Waals surface area contributed by atoms with Crippen LogP contribution in [0.15, 0.2) is 23.8 Å². The van der Waals surface area contributed by atoms with E-state index in [0.717, 1.165) is 12.8 Å². The van der Waals surface area contributed by atoms with Crippen LogP contribution in [0.25, 0.3) is 0 Å². The number of hydrogen-bond acceptors (Lipinski definition) is 3. The summed E-state index contributed by atoms with van der Waals surface area (Å²) in [6.07, 6.45) is 42.1. The zero-order valence-corrected chi connectivity index (χ0v) is 31.1. The summed E-state index contributed by atoms with van der Waals surface area (Å²) in [6.45, 7) is 12.8. The van der Waals surface area contributed by atoms with Gasteiger partial charge in [0.25, 0.3) is 5.97 Å². The van der Waals surface area contributed by atoms with Crippen LogP contribution in [0.2, 0.25) is 0 Å². The molecule has 0 aromatic heterocycles. The zero-order chi connectivity index (χ0) is 32.5. The molecule has 0 saturated heterocycles. The van der Waals surface area contributed by atoms with Crippen molar-refractivity contribution in [2.45, 2.75) is 208 Å². The van der Waals surface area contributed by atoms with Crippen molar-refractivity contribution in [1.82, 2.24) is 0 Å². The lowest BCUT2D eigenvalue weighted by Crippen LogP contribution is -2.58. The second-order valence-corrected chi connectivity index (χ2v) is 14.4. The molecule has 0 aromatic rings. The summed E-state index contributed by atoms with van der Waals surface area (Å²) in [5.41, 5.74) is 1.51. The quantitative estimate of drug-likeness (QED) is 0.0563. The van der Waals surface area contributed by atoms with Gasteiger partial charge in [-0.25, -0.2) is 0 Å². The van der Waals surface area contributed by atoms with Gasteiger partial charge in [0.05, 0.1) is 5.41 Å². The van der Waals surface area contributed by atoms with Crippen LogP contribution in [-0.4, -0.2) is 25.8 Å². The second-order valence-electron chi connectivity index (χ2n) is 14.4. The Balaban J connectivity index is 2.04. The molecule has 264 valence electrons. The molecule has 0 N–H and O–H groups in total. The smallest absolute Gasteiger partial charge is 0.289 e. The Morgan fingerprint density at radius 2 is 0.933 bits per heavy atom. The standard InChI is InChI=1S/C42H78O3/c1-6-11-13-15-17-18-19-20-21-22-23-24-25-27-31-37-41(36-30-26-16-14-12-7-2,42(43-8-3,44-9-4)45-10-5)40-35-34-38-32-28-29-33-39(38)40/h28-29,33,38,40H,6-27,30-32,34-37H2,1-5H3. The summed E-state index contributed by atoms with van der Waals surface area (Å²) in [7, 11) is 0. The molecule has 0 heterocycles. The van der Waals surface area contributed by atoms with E-state index in [0.29, 0.717) is 31.7 Å². The van der Waals surface area contributed by atoms with Crippen LogP contribution in [-0.2, 0) is 14.2 Å². The third-order valence-corrected chi connectivity index (χ3v) is 11.0. The van der Waals surface area contributed by atoms with Crippen LogP contribution in [0.1, 0.15) is 202 Å². The first-order valence-electron chi connectivity index (χ1n) is 20.4. The van der Waals surface area contributed by atoms with Gasteiger partial charge in [-0.1, -0.05) is 172 Å². The van der Waals surface area contributed by atoms with Gasteiger partial charge in [-0.3, -0.25) is 0 Å². The van der Waals surface area contributed by atoms with E-state index in [9.17, 15) is 0 Å². The topological polar surface area (TPSA) is 27.7 Å². The largest absolute Gasteiger partial charge is 0.327 e. The average Bonchev–Trinajstić information content (AvgIpc) is 3.48. The molecule has 0 amide bonds. The van der Waals surface area contributed by atoms with Crippen LogP contribution in [0.4, 0.5) is 0 Å². The molecule has 3 unspecified atom stereocenters. The average molecular weight is 631 g/mol. The first-order valence-corrected chi connectivity index (χ1v) is 20.4. The van der Waals surface area contributed by atoms with Crippen LogP contribution in [0.3, 0.4) is 0 Å². The summed E-state index contributed by atoms with van der Waals surface area (Å²) in [4.78, 5) is 0. The number of hydrogen-bond donors (Lipinski definition) is 0. The van der Waals surface area contributed by atoms with E-state index >= 15 is 0 Å². The molecule has 0 bridgehead atoms. The molecule has 45 heavy (non-hydrogen) atoms. The molecular formula is C42H78O3. The SMILES string of the molecule is CCCCCCCCCCCCCCCCCC(CCCCCCCC)(C1CCC2CC=CC=C21)C(OCC)(OCC)OCC. The van der Waals surface area contributed by atoms with Gasteiger partial charge in [-0.2, -0.15) is 0 Å². The lowest BCUT2D eigenvalue weighted by atomic mass is 9.63. The predicted octanol–water partition coefficient (Wildman–Crippen LogP) is 13.7. The monoisotopic (exact) mass is 631 g/mol. The Hall–Kier alpha value is -0.640. The molecule has 0 spiro atoms. The first kappa shape index (κ1) is 40.5. The fourth-order valence-corrected chi connectivity index (χ4v) is 8.66. The van der Waals surface area contributed by atoms with Crippen LogP contribution < -0.4 is 0 Å². The first-order chi connectivity index (χ1) is 22.1. The Morgan fingerprint density at radius 3 is 1.33 bits per heavy atom. The highest BCUT2D eigenvalue weighted by atomic mass is 16.9. The number of allylic oxidation sites excluding steroid dienone is 4. The van der Waals surface area contributed by atoms with Crippen molar-refractivity contribution in [3.05, 3.63) is 23.8 Å². The number of ether oxygens (including phenoxy) is 3. The number of rotatable bonds is 31. The van der Waals surface area contributed by atoms with Gasteiger partial charge in [0.15, 0.2) is 0 Å². The maximum atomic E-state index is 6.75. The van der Waals surface area contributed by atoms with Gasteiger partial charge in [0.2, 0.25) is 0 Å². The summed E-state index contributed by atoms with van der Waals surface area (Å²) in [5, 5.41) is 0. The minimum absolute atomic E-state index is 0.151. The minimum Gasteiger partial charge on any atom is -0.327 e. The third-order valence-electron chi connectivity index (χ3n) is 11.0. The Bertz CT molecular complexity index is 740. The van der Waals surface area contributed by atoms with E-state index in [-0.39, 0.29) is 5.41 Å². The van der Waals surface area contributed by atoms with Crippen LogP contribution >= 0.6 is 0 Å². The summed E-state index contributed by atoms with van der Waals surface area (Å²) in [5.74, 6) is 0.193.